The molecule has 0 amide bonds. The van der Waals surface area contributed by atoms with Crippen LogP contribution in [0.1, 0.15) is 0 Å². The van der Waals surface area contributed by atoms with Gasteiger partial charge in [-0.2, -0.15) is 5.21 Å². The van der Waals surface area contributed by atoms with Gasteiger partial charge in [-0.05, 0) is 29.5 Å². The number of nitrogens with zero attached hydrogens (tertiary/aromatic N) is 3. The molecule has 1 aromatic carbocycles. The van der Waals surface area contributed by atoms with Crippen LogP contribution >= 0.6 is 11.6 Å². The van der Waals surface area contributed by atoms with Crippen molar-refractivity contribution >= 4 is 21.6 Å². The van der Waals surface area contributed by atoms with Gasteiger partial charge in [0.1, 0.15) is 10.7 Å². The first-order chi connectivity index (χ1) is 9.97. The number of aromatic amines is 1. The lowest BCUT2D eigenvalue weighted by Crippen LogP contribution is -2.13. The van der Waals surface area contributed by atoms with Crippen molar-refractivity contribution in [2.24, 2.45) is 5.14 Å². The van der Waals surface area contributed by atoms with E-state index >= 15 is 0 Å². The molecule has 0 saturated heterocycles. The largest absolute Gasteiger partial charge is 0.464 e. The van der Waals surface area contributed by atoms with Crippen LogP contribution in [0.25, 0.3) is 22.7 Å². The molecular formula is C11H8ClN5O3S. The van der Waals surface area contributed by atoms with Crippen molar-refractivity contribution in [1.29, 1.82) is 0 Å². The Balaban J connectivity index is 2.33. The van der Waals surface area contributed by atoms with Crippen LogP contribution in [0.5, 0.6) is 0 Å². The predicted molar refractivity (Wildman–Crippen MR) is 73.7 cm³/mol. The van der Waals surface area contributed by atoms with E-state index in [1.807, 2.05) is 0 Å². The summed E-state index contributed by atoms with van der Waals surface area (Å²) in [4.78, 5) is -0.223. The SMILES string of the molecule is NS(=O)(=O)c1cc(-c2nn[nH]n2)c(-c2ccco2)cc1Cl. The minimum absolute atomic E-state index is 0.0175. The highest BCUT2D eigenvalue weighted by Gasteiger charge is 2.21. The summed E-state index contributed by atoms with van der Waals surface area (Å²) in [5.41, 5.74) is 0.908. The smallest absolute Gasteiger partial charge is 0.239 e. The second-order valence-corrected chi connectivity index (χ2v) is 6.02. The zero-order valence-corrected chi connectivity index (χ0v) is 11.9. The molecule has 0 unspecified atom stereocenters. The van der Waals surface area contributed by atoms with Crippen molar-refractivity contribution in [3.05, 3.63) is 35.6 Å². The van der Waals surface area contributed by atoms with E-state index in [1.54, 1.807) is 12.1 Å². The fraction of sp³-hybridized carbons (Fsp3) is 0. The maximum Gasteiger partial charge on any atom is 0.239 e. The van der Waals surface area contributed by atoms with Crippen LogP contribution in [0.3, 0.4) is 0 Å². The number of primary sulfonamides is 1. The topological polar surface area (TPSA) is 128 Å². The fourth-order valence-corrected chi connectivity index (χ4v) is 2.97. The number of hydrogen-bond donors (Lipinski definition) is 2. The molecule has 8 nitrogen and oxygen atoms in total. The zero-order chi connectivity index (χ0) is 15.0. The van der Waals surface area contributed by atoms with Crippen molar-refractivity contribution < 1.29 is 12.8 Å². The third kappa shape index (κ3) is 2.53. The van der Waals surface area contributed by atoms with Gasteiger partial charge in [0.25, 0.3) is 0 Å². The lowest BCUT2D eigenvalue weighted by Gasteiger charge is -2.08. The van der Waals surface area contributed by atoms with Crippen molar-refractivity contribution in [2.75, 3.05) is 0 Å². The van der Waals surface area contributed by atoms with Crippen LogP contribution in [0, 0.1) is 0 Å². The third-order valence-electron chi connectivity index (χ3n) is 2.75. The molecule has 0 aliphatic heterocycles. The maximum absolute atomic E-state index is 11.6. The monoisotopic (exact) mass is 325 g/mol. The molecule has 10 heteroatoms. The first-order valence-corrected chi connectivity index (χ1v) is 7.53. The summed E-state index contributed by atoms with van der Waals surface area (Å²) in [5.74, 6) is 0.681. The highest BCUT2D eigenvalue weighted by molar-refractivity contribution is 7.89. The number of halogens is 1. The van der Waals surface area contributed by atoms with Gasteiger partial charge in [-0.15, -0.1) is 10.2 Å². The van der Waals surface area contributed by atoms with E-state index in [-0.39, 0.29) is 15.7 Å². The number of benzene rings is 1. The van der Waals surface area contributed by atoms with Gasteiger partial charge in [-0.25, -0.2) is 13.6 Å². The lowest BCUT2D eigenvalue weighted by atomic mass is 10.0. The van der Waals surface area contributed by atoms with Gasteiger partial charge < -0.3 is 4.42 Å². The Morgan fingerprint density at radius 2 is 2.10 bits per heavy atom. The van der Waals surface area contributed by atoms with Gasteiger partial charge >= 0.3 is 0 Å². The second-order valence-electron chi connectivity index (χ2n) is 4.09. The number of nitrogens with one attached hydrogen (secondary N) is 1. The maximum atomic E-state index is 11.6. The first kappa shape index (κ1) is 13.7. The molecule has 3 aromatic rings. The zero-order valence-electron chi connectivity index (χ0n) is 10.3. The van der Waals surface area contributed by atoms with E-state index in [4.69, 9.17) is 21.2 Å². The molecule has 0 atom stereocenters. The number of furan rings is 1. The van der Waals surface area contributed by atoms with E-state index in [9.17, 15) is 8.42 Å². The van der Waals surface area contributed by atoms with E-state index in [2.05, 4.69) is 20.6 Å². The van der Waals surface area contributed by atoms with E-state index in [0.29, 0.717) is 16.9 Å². The van der Waals surface area contributed by atoms with Gasteiger partial charge in [0.15, 0.2) is 0 Å². The number of nitrogens with two attached hydrogens (primary N) is 1. The molecule has 0 saturated carbocycles. The molecule has 3 rings (SSSR count). The lowest BCUT2D eigenvalue weighted by molar-refractivity contribution is 0.582. The number of tetrazole rings is 1. The molecule has 0 aliphatic rings. The summed E-state index contributed by atoms with van der Waals surface area (Å²) in [6, 6.07) is 6.12. The van der Waals surface area contributed by atoms with Crippen LogP contribution < -0.4 is 5.14 Å². The van der Waals surface area contributed by atoms with E-state index in [1.165, 1.54) is 18.4 Å². The molecule has 0 aliphatic carbocycles. The predicted octanol–water partition coefficient (Wildman–Crippen LogP) is 1.43. The molecule has 0 bridgehead atoms. The number of rotatable bonds is 3. The Morgan fingerprint density at radius 3 is 2.67 bits per heavy atom. The highest BCUT2D eigenvalue weighted by Crippen LogP contribution is 2.36. The van der Waals surface area contributed by atoms with Crippen molar-refractivity contribution in [1.82, 2.24) is 20.6 Å². The Kier molecular flexibility index (Phi) is 3.24. The van der Waals surface area contributed by atoms with Crippen LogP contribution in [-0.2, 0) is 10.0 Å². The van der Waals surface area contributed by atoms with E-state index < -0.39 is 10.0 Å². The minimum Gasteiger partial charge on any atom is -0.464 e. The van der Waals surface area contributed by atoms with Gasteiger partial charge in [-0.1, -0.05) is 11.6 Å². The van der Waals surface area contributed by atoms with Gasteiger partial charge in [-0.3, -0.25) is 0 Å². The number of hydrogen-bond acceptors (Lipinski definition) is 6. The number of aromatic nitrogens is 4. The second kappa shape index (κ2) is 4.95. The summed E-state index contributed by atoms with van der Waals surface area (Å²) in [6.45, 7) is 0. The first-order valence-electron chi connectivity index (χ1n) is 5.61. The minimum atomic E-state index is -3.98. The summed E-state index contributed by atoms with van der Waals surface area (Å²) < 4.78 is 28.5. The molecular weight excluding hydrogens is 318 g/mol. The fourth-order valence-electron chi connectivity index (χ4n) is 1.87. The average molecular weight is 326 g/mol. The standard InChI is InChI=1S/C11H8ClN5O3S/c12-8-4-6(9-2-1-3-20-9)7(11-14-16-17-15-11)5-10(8)21(13,18)19/h1-5H,(H2,13,18,19)(H,14,15,16,17). The Morgan fingerprint density at radius 1 is 1.29 bits per heavy atom. The normalized spacial score (nSPS) is 11.7. The molecule has 2 heterocycles. The van der Waals surface area contributed by atoms with Crippen LogP contribution in [0.2, 0.25) is 5.02 Å². The summed E-state index contributed by atoms with van der Waals surface area (Å²) in [6.07, 6.45) is 1.48. The Labute approximate surface area is 124 Å². The van der Waals surface area contributed by atoms with E-state index in [0.717, 1.165) is 0 Å². The third-order valence-corrected chi connectivity index (χ3v) is 4.13. The molecule has 0 radical (unpaired) electrons. The van der Waals surface area contributed by atoms with Gasteiger partial charge in [0.2, 0.25) is 15.8 Å². The van der Waals surface area contributed by atoms with Gasteiger partial charge in [0, 0.05) is 11.1 Å². The van der Waals surface area contributed by atoms with Crippen LogP contribution in [-0.4, -0.2) is 29.0 Å². The number of sulfonamides is 1. The summed E-state index contributed by atoms with van der Waals surface area (Å²) in [5, 5.41) is 18.6. The average Bonchev–Trinajstić information content (AvgIpc) is 3.10. The van der Waals surface area contributed by atoms with Crippen LogP contribution in [0.4, 0.5) is 0 Å². The van der Waals surface area contributed by atoms with Gasteiger partial charge in [0.05, 0.1) is 11.3 Å². The quantitative estimate of drug-likeness (QED) is 0.749. The van der Waals surface area contributed by atoms with Crippen LogP contribution in [0.15, 0.2) is 39.8 Å². The van der Waals surface area contributed by atoms with Crippen molar-refractivity contribution in [2.45, 2.75) is 4.90 Å². The van der Waals surface area contributed by atoms with Crippen molar-refractivity contribution in [3.8, 4) is 22.7 Å². The Bertz CT molecular complexity index is 875. The summed E-state index contributed by atoms with van der Waals surface area (Å²) in [7, 11) is -3.98. The Hall–Kier alpha value is -2.23. The highest BCUT2D eigenvalue weighted by atomic mass is 35.5. The molecule has 0 fully saturated rings. The summed E-state index contributed by atoms with van der Waals surface area (Å²) >= 11 is 6.00. The van der Waals surface area contributed by atoms with Crippen molar-refractivity contribution in [3.63, 3.8) is 0 Å². The molecule has 108 valence electrons. The number of H-pyrrole nitrogens is 1. The molecule has 0 spiro atoms. The molecule has 3 N–H and O–H groups in total. The molecule has 2 aromatic heterocycles. The molecule has 21 heavy (non-hydrogen) atoms.